The van der Waals surface area contributed by atoms with Gasteiger partial charge in [0.25, 0.3) is 0 Å². The number of aliphatic hydroxyl groups is 1. The number of carbonyl (C=O) groups is 1. The molecule has 0 aromatic heterocycles. The lowest BCUT2D eigenvalue weighted by Crippen LogP contribution is -2.46. The van der Waals surface area contributed by atoms with Crippen molar-refractivity contribution in [1.82, 2.24) is 5.32 Å². The van der Waals surface area contributed by atoms with Gasteiger partial charge in [0, 0.05) is 6.42 Å². The van der Waals surface area contributed by atoms with Crippen molar-refractivity contribution in [2.24, 2.45) is 0 Å². The fourth-order valence-electron chi connectivity index (χ4n) is 8.31. The fourth-order valence-corrected chi connectivity index (χ4v) is 9.05. The molecule has 380 valence electrons. The van der Waals surface area contributed by atoms with Gasteiger partial charge in [-0.15, -0.1) is 0 Å². The zero-order valence-electron chi connectivity index (χ0n) is 43.3. The van der Waals surface area contributed by atoms with Crippen LogP contribution in [0.4, 0.5) is 0 Å². The average Bonchev–Trinajstić information content (AvgIpc) is 3.25. The number of rotatable bonds is 51. The summed E-state index contributed by atoms with van der Waals surface area (Å²) in [5.74, 6) is -0.141. The Morgan fingerprint density at radius 3 is 1.28 bits per heavy atom. The molecular formula is C55H110N2O6P+. The third-order valence-corrected chi connectivity index (χ3v) is 13.7. The van der Waals surface area contributed by atoms with Gasteiger partial charge < -0.3 is 19.8 Å². The maximum Gasteiger partial charge on any atom is 0.472 e. The molecule has 0 aromatic rings. The van der Waals surface area contributed by atoms with E-state index in [1.54, 1.807) is 0 Å². The van der Waals surface area contributed by atoms with Crippen LogP contribution in [-0.4, -0.2) is 73.4 Å². The summed E-state index contributed by atoms with van der Waals surface area (Å²) in [5, 5.41) is 14.0. The second kappa shape index (κ2) is 47.1. The van der Waals surface area contributed by atoms with Gasteiger partial charge in [-0.3, -0.25) is 13.8 Å². The molecule has 0 radical (unpaired) electrons. The maximum atomic E-state index is 12.9. The molecule has 8 nitrogen and oxygen atoms in total. The van der Waals surface area contributed by atoms with E-state index in [4.69, 9.17) is 9.05 Å². The van der Waals surface area contributed by atoms with Gasteiger partial charge in [0.15, 0.2) is 0 Å². The lowest BCUT2D eigenvalue weighted by Gasteiger charge is -2.26. The second-order valence-electron chi connectivity index (χ2n) is 20.3. The largest absolute Gasteiger partial charge is 0.472 e. The van der Waals surface area contributed by atoms with E-state index in [-0.39, 0.29) is 19.1 Å². The molecule has 1 amide bonds. The SMILES string of the molecule is CCCCCCC/C=C\C/C=C\CCCCCCCCCCCCCCCCCCCCCC(=O)NC(COP(=O)(O)OCC[N+](C)(C)C)C(O)CCCCCCCCCCCCC. The van der Waals surface area contributed by atoms with Crippen LogP contribution in [0.15, 0.2) is 24.3 Å². The van der Waals surface area contributed by atoms with Crippen molar-refractivity contribution < 1.29 is 32.9 Å². The Labute approximate surface area is 398 Å². The summed E-state index contributed by atoms with van der Waals surface area (Å²) < 4.78 is 23.7. The van der Waals surface area contributed by atoms with Crippen LogP contribution in [0.2, 0.25) is 0 Å². The average molecular weight is 926 g/mol. The van der Waals surface area contributed by atoms with E-state index in [2.05, 4.69) is 43.5 Å². The monoisotopic (exact) mass is 926 g/mol. The molecule has 3 unspecified atom stereocenters. The standard InChI is InChI=1S/C55H109N2O6P/c1-6-8-10-12-14-16-18-19-20-21-22-23-24-25-26-27-28-29-30-31-32-33-34-35-36-37-39-41-43-45-47-49-55(59)56-53(52-63-64(60,61)62-51-50-57(3,4)5)54(58)48-46-44-42-40-38-17-15-13-11-9-7-2/h18-19,21-22,53-54,58H,6-17,20,23-52H2,1-5H3,(H-,56,59,60,61)/p+1/b19-18-,22-21-. The van der Waals surface area contributed by atoms with Crippen molar-refractivity contribution in [1.29, 1.82) is 0 Å². The van der Waals surface area contributed by atoms with Gasteiger partial charge in [-0.2, -0.15) is 0 Å². The van der Waals surface area contributed by atoms with E-state index in [9.17, 15) is 19.4 Å². The molecule has 3 atom stereocenters. The molecule has 0 spiro atoms. The lowest BCUT2D eigenvalue weighted by atomic mass is 10.0. The van der Waals surface area contributed by atoms with E-state index < -0.39 is 20.0 Å². The predicted octanol–water partition coefficient (Wildman–Crippen LogP) is 16.4. The summed E-state index contributed by atoms with van der Waals surface area (Å²) in [7, 11) is 1.63. The first-order chi connectivity index (χ1) is 31.0. The van der Waals surface area contributed by atoms with Crippen LogP contribution in [0.5, 0.6) is 0 Å². The molecule has 0 saturated carbocycles. The number of hydrogen-bond acceptors (Lipinski definition) is 5. The molecule has 0 aliphatic heterocycles. The van der Waals surface area contributed by atoms with Crippen LogP contribution < -0.4 is 5.32 Å². The Hall–Kier alpha value is -1.02. The predicted molar refractivity (Wildman–Crippen MR) is 277 cm³/mol. The molecule has 0 fully saturated rings. The van der Waals surface area contributed by atoms with E-state index in [0.29, 0.717) is 23.9 Å². The smallest absolute Gasteiger partial charge is 0.391 e. The number of nitrogens with one attached hydrogen (secondary N) is 1. The minimum absolute atomic E-state index is 0.0767. The van der Waals surface area contributed by atoms with Gasteiger partial charge in [0.05, 0.1) is 39.9 Å². The number of nitrogens with zero attached hydrogens (tertiary/aromatic N) is 1. The van der Waals surface area contributed by atoms with Crippen LogP contribution >= 0.6 is 7.82 Å². The summed E-state index contributed by atoms with van der Waals surface area (Å²) in [6, 6.07) is -0.756. The Morgan fingerprint density at radius 2 is 0.891 bits per heavy atom. The van der Waals surface area contributed by atoms with Crippen LogP contribution in [-0.2, 0) is 18.4 Å². The molecule has 0 aliphatic rings. The molecule has 0 bridgehead atoms. The summed E-state index contributed by atoms with van der Waals surface area (Å²) in [6.45, 7) is 4.89. The number of aliphatic hydroxyl groups excluding tert-OH is 1. The molecule has 0 heterocycles. The zero-order valence-corrected chi connectivity index (χ0v) is 44.2. The normalized spacial score (nSPS) is 14.2. The number of phosphoric acid groups is 1. The van der Waals surface area contributed by atoms with Crippen LogP contribution in [0.25, 0.3) is 0 Å². The minimum atomic E-state index is -4.31. The van der Waals surface area contributed by atoms with Crippen LogP contribution in [0, 0.1) is 0 Å². The first-order valence-electron chi connectivity index (χ1n) is 27.7. The summed E-state index contributed by atoms with van der Waals surface area (Å²) in [5.41, 5.74) is 0. The van der Waals surface area contributed by atoms with Crippen LogP contribution in [0.3, 0.4) is 0 Å². The highest BCUT2D eigenvalue weighted by Gasteiger charge is 2.28. The second-order valence-corrected chi connectivity index (χ2v) is 21.8. The minimum Gasteiger partial charge on any atom is -0.391 e. The summed E-state index contributed by atoms with van der Waals surface area (Å²) >= 11 is 0. The maximum absolute atomic E-state index is 12.9. The molecule has 64 heavy (non-hydrogen) atoms. The Kier molecular flexibility index (Phi) is 46.3. The molecular weight excluding hydrogens is 816 g/mol. The van der Waals surface area contributed by atoms with Crippen LogP contribution in [0.1, 0.15) is 271 Å². The first kappa shape index (κ1) is 63.0. The van der Waals surface area contributed by atoms with Crippen molar-refractivity contribution >= 4 is 13.7 Å². The fraction of sp³-hybridized carbons (Fsp3) is 0.909. The quantitative estimate of drug-likeness (QED) is 0.0243. The molecule has 0 saturated heterocycles. The summed E-state index contributed by atoms with van der Waals surface area (Å²) in [4.78, 5) is 23.2. The molecule has 3 N–H and O–H groups in total. The molecule has 9 heteroatoms. The number of hydrogen-bond donors (Lipinski definition) is 3. The van der Waals surface area contributed by atoms with Crippen molar-refractivity contribution in [3.63, 3.8) is 0 Å². The van der Waals surface area contributed by atoms with Gasteiger partial charge in [-0.1, -0.05) is 244 Å². The Balaban J connectivity index is 3.97. The Bertz CT molecular complexity index is 1090. The number of carbonyl (C=O) groups excluding carboxylic acids is 1. The van der Waals surface area contributed by atoms with Crippen molar-refractivity contribution in [3.8, 4) is 0 Å². The van der Waals surface area contributed by atoms with Gasteiger partial charge in [-0.25, -0.2) is 4.57 Å². The highest BCUT2D eigenvalue weighted by Crippen LogP contribution is 2.43. The topological polar surface area (TPSA) is 105 Å². The van der Waals surface area contributed by atoms with Gasteiger partial charge in [0.2, 0.25) is 5.91 Å². The van der Waals surface area contributed by atoms with E-state index in [1.807, 2.05) is 21.1 Å². The summed E-state index contributed by atoms with van der Waals surface area (Å²) in [6.07, 6.45) is 58.1. The molecule has 0 aromatic carbocycles. The Morgan fingerprint density at radius 1 is 0.531 bits per heavy atom. The number of unbranched alkanes of at least 4 members (excludes halogenated alkanes) is 34. The number of phosphoric ester groups is 1. The number of likely N-dealkylation sites (N-methyl/N-ethyl adjacent to an activating group) is 1. The number of allylic oxidation sites excluding steroid dienone is 4. The van der Waals surface area contributed by atoms with Gasteiger partial charge in [-0.05, 0) is 44.9 Å². The van der Waals surface area contributed by atoms with E-state index in [0.717, 1.165) is 44.9 Å². The highest BCUT2D eigenvalue weighted by molar-refractivity contribution is 7.47. The van der Waals surface area contributed by atoms with Gasteiger partial charge in [0.1, 0.15) is 13.2 Å². The number of amides is 1. The lowest BCUT2D eigenvalue weighted by molar-refractivity contribution is -0.870. The van der Waals surface area contributed by atoms with Crippen molar-refractivity contribution in [2.45, 2.75) is 283 Å². The van der Waals surface area contributed by atoms with Crippen molar-refractivity contribution in [2.75, 3.05) is 40.9 Å². The van der Waals surface area contributed by atoms with Crippen molar-refractivity contribution in [3.05, 3.63) is 24.3 Å². The first-order valence-corrected chi connectivity index (χ1v) is 29.2. The highest BCUT2D eigenvalue weighted by atomic mass is 31.2. The van der Waals surface area contributed by atoms with Gasteiger partial charge >= 0.3 is 7.82 Å². The van der Waals surface area contributed by atoms with E-state index in [1.165, 1.54) is 199 Å². The third-order valence-electron chi connectivity index (χ3n) is 12.7. The third kappa shape index (κ3) is 48.9. The zero-order chi connectivity index (χ0) is 47.1. The molecule has 0 rings (SSSR count). The number of quaternary nitrogens is 1. The molecule has 0 aliphatic carbocycles. The van der Waals surface area contributed by atoms with E-state index >= 15 is 0 Å².